The number of rotatable bonds is 2. The van der Waals surface area contributed by atoms with Crippen LogP contribution in [0.2, 0.25) is 0 Å². The first-order valence-corrected chi connectivity index (χ1v) is 6.60. The lowest BCUT2D eigenvalue weighted by Crippen LogP contribution is -2.08. The first-order valence-electron chi connectivity index (χ1n) is 5.37. The van der Waals surface area contributed by atoms with E-state index in [0.717, 1.165) is 5.56 Å². The summed E-state index contributed by atoms with van der Waals surface area (Å²) in [5.41, 5.74) is 1.59. The number of aromatic nitrogens is 4. The van der Waals surface area contributed by atoms with Gasteiger partial charge in [-0.25, -0.2) is 9.97 Å². The average Bonchev–Trinajstić information content (AvgIpc) is 2.84. The monoisotopic (exact) mass is 258 g/mol. The summed E-state index contributed by atoms with van der Waals surface area (Å²) in [6.07, 6.45) is 1.86. The number of thioether (sulfide) groups is 1. The number of aromatic amines is 2. The van der Waals surface area contributed by atoms with E-state index in [1.807, 2.05) is 36.6 Å². The molecule has 0 fully saturated rings. The maximum atomic E-state index is 11.8. The highest BCUT2D eigenvalue weighted by Gasteiger charge is 2.10. The van der Waals surface area contributed by atoms with Crippen molar-refractivity contribution in [1.82, 2.24) is 19.9 Å². The van der Waals surface area contributed by atoms with Crippen LogP contribution in [-0.4, -0.2) is 26.2 Å². The van der Waals surface area contributed by atoms with E-state index in [2.05, 4.69) is 19.9 Å². The van der Waals surface area contributed by atoms with Crippen LogP contribution in [-0.2, 0) is 0 Å². The van der Waals surface area contributed by atoms with Crippen molar-refractivity contribution in [3.05, 3.63) is 40.7 Å². The molecule has 0 bridgehead atoms. The standard InChI is InChI=1S/C12H10N4OS/c1-18-12-15-10-8(11(17)16-12)13-9(14-10)7-5-3-2-4-6-7/h2-6H,1H3,(H2,13,14,15,16,17). The third kappa shape index (κ3) is 1.80. The largest absolute Gasteiger partial charge is 0.332 e. The molecule has 2 aromatic heterocycles. The van der Waals surface area contributed by atoms with Crippen LogP contribution in [0.5, 0.6) is 0 Å². The SMILES string of the molecule is CSc1nc2nc(-c3ccccc3)[nH]c2c(=O)[nH]1. The van der Waals surface area contributed by atoms with E-state index >= 15 is 0 Å². The van der Waals surface area contributed by atoms with Crippen molar-refractivity contribution >= 4 is 22.9 Å². The second-order valence-corrected chi connectivity index (χ2v) is 4.52. The van der Waals surface area contributed by atoms with Gasteiger partial charge in [-0.05, 0) is 6.26 Å². The molecule has 0 unspecified atom stereocenters. The zero-order chi connectivity index (χ0) is 12.5. The summed E-state index contributed by atoms with van der Waals surface area (Å²) < 4.78 is 0. The maximum absolute atomic E-state index is 11.8. The van der Waals surface area contributed by atoms with Crippen LogP contribution in [0.15, 0.2) is 40.3 Å². The van der Waals surface area contributed by atoms with Crippen LogP contribution in [0, 0.1) is 0 Å². The highest BCUT2D eigenvalue weighted by Crippen LogP contribution is 2.18. The van der Waals surface area contributed by atoms with Crippen molar-refractivity contribution in [2.45, 2.75) is 5.16 Å². The van der Waals surface area contributed by atoms with Crippen molar-refractivity contribution in [3.8, 4) is 11.4 Å². The molecule has 18 heavy (non-hydrogen) atoms. The van der Waals surface area contributed by atoms with Crippen LogP contribution in [0.1, 0.15) is 0 Å². The third-order valence-corrected chi connectivity index (χ3v) is 3.16. The Morgan fingerprint density at radius 3 is 2.61 bits per heavy atom. The molecule has 0 aliphatic heterocycles. The lowest BCUT2D eigenvalue weighted by molar-refractivity contribution is 0.968. The van der Waals surface area contributed by atoms with Gasteiger partial charge in [0.2, 0.25) is 0 Å². The van der Waals surface area contributed by atoms with Gasteiger partial charge in [0.15, 0.2) is 16.3 Å². The zero-order valence-electron chi connectivity index (χ0n) is 9.60. The Balaban J connectivity index is 2.23. The molecule has 2 N–H and O–H groups in total. The molecule has 0 radical (unpaired) electrons. The quantitative estimate of drug-likeness (QED) is 0.545. The van der Waals surface area contributed by atoms with Crippen molar-refractivity contribution in [2.75, 3.05) is 6.26 Å². The second kappa shape index (κ2) is 4.30. The number of nitrogens with zero attached hydrogens (tertiary/aromatic N) is 2. The number of fused-ring (bicyclic) bond motifs is 1. The van der Waals surface area contributed by atoms with Gasteiger partial charge >= 0.3 is 0 Å². The summed E-state index contributed by atoms with van der Waals surface area (Å²) in [6.45, 7) is 0. The van der Waals surface area contributed by atoms with E-state index in [9.17, 15) is 4.79 Å². The van der Waals surface area contributed by atoms with Gasteiger partial charge in [0, 0.05) is 5.56 Å². The Kier molecular flexibility index (Phi) is 2.64. The third-order valence-electron chi connectivity index (χ3n) is 2.58. The van der Waals surface area contributed by atoms with Gasteiger partial charge in [-0.3, -0.25) is 9.78 Å². The van der Waals surface area contributed by atoms with E-state index in [-0.39, 0.29) is 5.56 Å². The lowest BCUT2D eigenvalue weighted by atomic mass is 10.2. The van der Waals surface area contributed by atoms with Crippen LogP contribution >= 0.6 is 11.8 Å². The highest BCUT2D eigenvalue weighted by molar-refractivity contribution is 7.98. The number of hydrogen-bond acceptors (Lipinski definition) is 4. The van der Waals surface area contributed by atoms with E-state index in [1.165, 1.54) is 11.8 Å². The molecule has 2 heterocycles. The van der Waals surface area contributed by atoms with Gasteiger partial charge in [-0.15, -0.1) is 0 Å². The number of benzene rings is 1. The molecule has 0 atom stereocenters. The van der Waals surface area contributed by atoms with E-state index < -0.39 is 0 Å². The lowest BCUT2D eigenvalue weighted by Gasteiger charge is -1.92. The fraction of sp³-hybridized carbons (Fsp3) is 0.0833. The van der Waals surface area contributed by atoms with Crippen LogP contribution in [0.3, 0.4) is 0 Å². The molecule has 5 nitrogen and oxygen atoms in total. The Morgan fingerprint density at radius 1 is 1.11 bits per heavy atom. The van der Waals surface area contributed by atoms with Gasteiger partial charge in [-0.1, -0.05) is 42.1 Å². The Hall–Kier alpha value is -2.08. The molecule has 0 aliphatic carbocycles. The van der Waals surface area contributed by atoms with Gasteiger partial charge in [-0.2, -0.15) is 0 Å². The predicted octanol–water partition coefficient (Wildman–Crippen LogP) is 2.04. The van der Waals surface area contributed by atoms with E-state index in [1.54, 1.807) is 0 Å². The summed E-state index contributed by atoms with van der Waals surface area (Å²) in [5.74, 6) is 0.654. The summed E-state index contributed by atoms with van der Waals surface area (Å²) in [4.78, 5) is 26.1. The van der Waals surface area contributed by atoms with Crippen LogP contribution in [0.25, 0.3) is 22.6 Å². The number of hydrogen-bond donors (Lipinski definition) is 2. The highest BCUT2D eigenvalue weighted by atomic mass is 32.2. The molecule has 0 amide bonds. The predicted molar refractivity (Wildman–Crippen MR) is 71.7 cm³/mol. The molecular weight excluding hydrogens is 248 g/mol. The average molecular weight is 258 g/mol. The maximum Gasteiger partial charge on any atom is 0.277 e. The molecule has 0 spiro atoms. The minimum atomic E-state index is -0.195. The Morgan fingerprint density at radius 2 is 1.89 bits per heavy atom. The number of imidazole rings is 1. The molecule has 6 heteroatoms. The van der Waals surface area contributed by atoms with Crippen molar-refractivity contribution in [3.63, 3.8) is 0 Å². The summed E-state index contributed by atoms with van der Waals surface area (Å²) in [5, 5.41) is 0.568. The number of H-pyrrole nitrogens is 2. The minimum Gasteiger partial charge on any atom is -0.332 e. The van der Waals surface area contributed by atoms with E-state index in [4.69, 9.17) is 0 Å². The summed E-state index contributed by atoms with van der Waals surface area (Å²) >= 11 is 1.38. The molecule has 3 aromatic rings. The molecule has 90 valence electrons. The van der Waals surface area contributed by atoms with Gasteiger partial charge in [0.05, 0.1) is 0 Å². The normalized spacial score (nSPS) is 10.9. The van der Waals surface area contributed by atoms with E-state index in [0.29, 0.717) is 22.1 Å². The van der Waals surface area contributed by atoms with Crippen molar-refractivity contribution in [2.24, 2.45) is 0 Å². The summed E-state index contributed by atoms with van der Waals surface area (Å²) in [7, 11) is 0. The number of nitrogens with one attached hydrogen (secondary N) is 2. The van der Waals surface area contributed by atoms with Gasteiger partial charge in [0.1, 0.15) is 5.82 Å². The molecule has 0 saturated heterocycles. The zero-order valence-corrected chi connectivity index (χ0v) is 10.4. The molecule has 0 saturated carbocycles. The fourth-order valence-corrected chi connectivity index (χ4v) is 2.09. The topological polar surface area (TPSA) is 74.4 Å². The molecule has 1 aromatic carbocycles. The van der Waals surface area contributed by atoms with Gasteiger partial charge < -0.3 is 4.98 Å². The van der Waals surface area contributed by atoms with Crippen molar-refractivity contribution < 1.29 is 0 Å². The molecular formula is C12H10N4OS. The minimum absolute atomic E-state index is 0.195. The first-order chi connectivity index (χ1) is 8.78. The summed E-state index contributed by atoms with van der Waals surface area (Å²) in [6, 6.07) is 9.65. The van der Waals surface area contributed by atoms with Crippen LogP contribution < -0.4 is 5.56 Å². The van der Waals surface area contributed by atoms with Crippen LogP contribution in [0.4, 0.5) is 0 Å². The Labute approximate surface area is 107 Å². The second-order valence-electron chi connectivity index (χ2n) is 3.73. The van der Waals surface area contributed by atoms with Crippen molar-refractivity contribution in [1.29, 1.82) is 0 Å². The van der Waals surface area contributed by atoms with Gasteiger partial charge in [0.25, 0.3) is 5.56 Å². The fourth-order valence-electron chi connectivity index (χ4n) is 1.72. The Bertz CT molecular complexity index is 748. The smallest absolute Gasteiger partial charge is 0.277 e. The molecule has 3 rings (SSSR count). The molecule has 0 aliphatic rings. The first kappa shape index (κ1) is 11.0.